The molecule has 2 N–H and O–H groups in total. The Morgan fingerprint density at radius 3 is 2.09 bits per heavy atom. The Balaban J connectivity index is 1.91. The molecule has 0 amide bonds. The molecule has 1 fully saturated rings. The molecule has 0 spiro atoms. The van der Waals surface area contributed by atoms with Crippen molar-refractivity contribution in [3.8, 4) is 0 Å². The van der Waals surface area contributed by atoms with Crippen molar-refractivity contribution in [2.75, 3.05) is 6.54 Å². The van der Waals surface area contributed by atoms with Crippen molar-refractivity contribution in [1.82, 2.24) is 4.72 Å². The lowest BCUT2D eigenvalue weighted by Crippen LogP contribution is -2.33. The molecule has 0 heterocycles. The molecular weight excluding hydrogens is 483 g/mol. The standard InChI is InChI=1S/C21H22F3NO6S2/c22-21(23,24)18-11-10-17(32(28,29)16-4-2-1-3-5-16)12-19(18)33(30,31)25-13-14-6-8-15(9-7-14)20(26)27/h1-5,10-12,14-15,25H,6-9,13H2,(H,26,27). The van der Waals surface area contributed by atoms with E-state index in [1.54, 1.807) is 6.07 Å². The van der Waals surface area contributed by atoms with Crippen LogP contribution in [0.1, 0.15) is 31.2 Å². The summed E-state index contributed by atoms with van der Waals surface area (Å²) in [4.78, 5) is 9.10. The third-order valence-electron chi connectivity index (χ3n) is 5.67. The van der Waals surface area contributed by atoms with Crippen molar-refractivity contribution in [3.63, 3.8) is 0 Å². The molecular formula is C21H22F3NO6S2. The number of halogens is 3. The lowest BCUT2D eigenvalue weighted by atomic mass is 9.82. The van der Waals surface area contributed by atoms with E-state index in [2.05, 4.69) is 4.72 Å². The number of benzene rings is 2. The van der Waals surface area contributed by atoms with Crippen molar-refractivity contribution < 1.29 is 39.9 Å². The van der Waals surface area contributed by atoms with Gasteiger partial charge in [-0.25, -0.2) is 21.6 Å². The quantitative estimate of drug-likeness (QED) is 0.593. The first-order valence-corrected chi connectivity index (χ1v) is 13.0. The lowest BCUT2D eigenvalue weighted by Gasteiger charge is -2.26. The molecule has 3 rings (SSSR count). The molecule has 2 aromatic rings. The van der Waals surface area contributed by atoms with Gasteiger partial charge in [0.25, 0.3) is 0 Å². The first-order chi connectivity index (χ1) is 15.3. The number of hydrogen-bond donors (Lipinski definition) is 2. The number of alkyl halides is 3. The molecule has 180 valence electrons. The van der Waals surface area contributed by atoms with Crippen LogP contribution >= 0.6 is 0 Å². The Bertz CT molecular complexity index is 1220. The zero-order chi connectivity index (χ0) is 24.4. The van der Waals surface area contributed by atoms with E-state index in [1.165, 1.54) is 24.3 Å². The van der Waals surface area contributed by atoms with Gasteiger partial charge in [0, 0.05) is 6.54 Å². The maximum Gasteiger partial charge on any atom is 0.417 e. The molecule has 1 aliphatic rings. The Morgan fingerprint density at radius 1 is 0.939 bits per heavy atom. The highest BCUT2D eigenvalue weighted by molar-refractivity contribution is 7.91. The molecule has 0 atom stereocenters. The van der Waals surface area contributed by atoms with E-state index < -0.39 is 53.3 Å². The number of sulfone groups is 1. The summed E-state index contributed by atoms with van der Waals surface area (Å²) in [5.41, 5.74) is -1.48. The minimum atomic E-state index is -5.03. The SMILES string of the molecule is O=C(O)C1CCC(CNS(=O)(=O)c2cc(S(=O)(=O)c3ccccc3)ccc2C(F)(F)F)CC1. The van der Waals surface area contributed by atoms with Gasteiger partial charge in [-0.05, 0) is 61.9 Å². The lowest BCUT2D eigenvalue weighted by molar-refractivity contribution is -0.143. The number of carboxylic acid groups (broad SMARTS) is 1. The number of carbonyl (C=O) groups is 1. The fourth-order valence-corrected chi connectivity index (χ4v) is 6.53. The Morgan fingerprint density at radius 2 is 1.55 bits per heavy atom. The number of carboxylic acids is 1. The molecule has 0 aromatic heterocycles. The van der Waals surface area contributed by atoms with Crippen LogP contribution in [-0.4, -0.2) is 34.5 Å². The number of rotatable bonds is 7. The molecule has 2 aromatic carbocycles. The molecule has 0 saturated heterocycles. The van der Waals surface area contributed by atoms with E-state index in [9.17, 15) is 34.8 Å². The minimum Gasteiger partial charge on any atom is -0.481 e. The van der Waals surface area contributed by atoms with Crippen molar-refractivity contribution in [2.45, 2.75) is 46.5 Å². The van der Waals surface area contributed by atoms with E-state index in [-0.39, 0.29) is 17.4 Å². The summed E-state index contributed by atoms with van der Waals surface area (Å²) in [5, 5.41) is 9.05. The van der Waals surface area contributed by atoms with E-state index in [0.717, 1.165) is 6.07 Å². The Hall–Kier alpha value is -2.44. The normalized spacial score (nSPS) is 19.8. The molecule has 0 unspecified atom stereocenters. The predicted octanol–water partition coefficient (Wildman–Crippen LogP) is 3.71. The van der Waals surface area contributed by atoms with Crippen molar-refractivity contribution >= 4 is 25.8 Å². The van der Waals surface area contributed by atoms with Gasteiger partial charge in [-0.3, -0.25) is 4.79 Å². The zero-order valence-corrected chi connectivity index (χ0v) is 18.9. The maximum atomic E-state index is 13.5. The Labute approximate surface area is 189 Å². The smallest absolute Gasteiger partial charge is 0.417 e. The number of hydrogen-bond acceptors (Lipinski definition) is 5. The van der Waals surface area contributed by atoms with Crippen LogP contribution in [0.5, 0.6) is 0 Å². The van der Waals surface area contributed by atoms with Crippen molar-refractivity contribution in [3.05, 3.63) is 54.1 Å². The van der Waals surface area contributed by atoms with Gasteiger partial charge in [0.05, 0.1) is 26.2 Å². The van der Waals surface area contributed by atoms with Crippen molar-refractivity contribution in [1.29, 1.82) is 0 Å². The molecule has 12 heteroatoms. The van der Waals surface area contributed by atoms with Gasteiger partial charge in [0.2, 0.25) is 19.9 Å². The first-order valence-electron chi connectivity index (χ1n) is 10.1. The van der Waals surface area contributed by atoms with Gasteiger partial charge in [0.15, 0.2) is 0 Å². The second-order valence-electron chi connectivity index (χ2n) is 7.88. The van der Waals surface area contributed by atoms with Crippen LogP contribution in [0, 0.1) is 11.8 Å². The van der Waals surface area contributed by atoms with Crippen LogP contribution in [0.3, 0.4) is 0 Å². The minimum absolute atomic E-state index is 0.179. The van der Waals surface area contributed by atoms with E-state index in [4.69, 9.17) is 5.11 Å². The molecule has 33 heavy (non-hydrogen) atoms. The summed E-state index contributed by atoms with van der Waals surface area (Å²) in [6.45, 7) is -0.179. The van der Waals surface area contributed by atoms with Crippen molar-refractivity contribution in [2.24, 2.45) is 11.8 Å². The third kappa shape index (κ3) is 5.74. The van der Waals surface area contributed by atoms with Crippen LogP contribution in [0.25, 0.3) is 0 Å². The largest absolute Gasteiger partial charge is 0.481 e. The summed E-state index contributed by atoms with van der Waals surface area (Å²) in [7, 11) is -8.97. The highest BCUT2D eigenvalue weighted by atomic mass is 32.2. The molecule has 0 aliphatic heterocycles. The highest BCUT2D eigenvalue weighted by Crippen LogP contribution is 2.36. The Kier molecular flexibility index (Phi) is 7.20. The van der Waals surface area contributed by atoms with E-state index in [1.807, 2.05) is 0 Å². The van der Waals surface area contributed by atoms with E-state index in [0.29, 0.717) is 37.8 Å². The highest BCUT2D eigenvalue weighted by Gasteiger charge is 2.38. The third-order valence-corrected chi connectivity index (χ3v) is 8.90. The number of nitrogens with one attached hydrogen (secondary N) is 1. The molecule has 1 aliphatic carbocycles. The number of sulfonamides is 1. The fraction of sp³-hybridized carbons (Fsp3) is 0.381. The van der Waals surface area contributed by atoms with Gasteiger partial charge >= 0.3 is 12.1 Å². The topological polar surface area (TPSA) is 118 Å². The molecule has 0 bridgehead atoms. The van der Waals surface area contributed by atoms with Crippen LogP contribution in [-0.2, 0) is 30.8 Å². The fourth-order valence-electron chi connectivity index (χ4n) is 3.78. The van der Waals surface area contributed by atoms with Crippen LogP contribution in [0.2, 0.25) is 0 Å². The summed E-state index contributed by atoms with van der Waals surface area (Å²) in [5.74, 6) is -1.68. The molecule has 7 nitrogen and oxygen atoms in total. The van der Waals surface area contributed by atoms with Crippen LogP contribution in [0.15, 0.2) is 63.2 Å². The predicted molar refractivity (Wildman–Crippen MR) is 112 cm³/mol. The van der Waals surface area contributed by atoms with Gasteiger partial charge in [0.1, 0.15) is 0 Å². The number of aliphatic carboxylic acids is 1. The van der Waals surface area contributed by atoms with Crippen LogP contribution < -0.4 is 4.72 Å². The average Bonchev–Trinajstić information content (AvgIpc) is 2.77. The summed E-state index contributed by atoms with van der Waals surface area (Å²) < 4.78 is 94.1. The summed E-state index contributed by atoms with van der Waals surface area (Å²) in [6, 6.07) is 8.66. The van der Waals surface area contributed by atoms with E-state index >= 15 is 0 Å². The van der Waals surface area contributed by atoms with Gasteiger partial charge < -0.3 is 5.11 Å². The zero-order valence-electron chi connectivity index (χ0n) is 17.2. The molecule has 0 radical (unpaired) electrons. The van der Waals surface area contributed by atoms with Gasteiger partial charge in [-0.15, -0.1) is 0 Å². The van der Waals surface area contributed by atoms with Gasteiger partial charge in [-0.2, -0.15) is 13.2 Å². The van der Waals surface area contributed by atoms with Crippen LogP contribution in [0.4, 0.5) is 13.2 Å². The monoisotopic (exact) mass is 505 g/mol. The second-order valence-corrected chi connectivity index (χ2v) is 11.6. The molecule has 1 saturated carbocycles. The second kappa shape index (κ2) is 9.43. The summed E-state index contributed by atoms with van der Waals surface area (Å²) >= 11 is 0. The van der Waals surface area contributed by atoms with Gasteiger partial charge in [-0.1, -0.05) is 18.2 Å². The average molecular weight is 506 g/mol. The maximum absolute atomic E-state index is 13.5. The summed E-state index contributed by atoms with van der Waals surface area (Å²) in [6.07, 6.45) is -3.51. The first kappa shape index (κ1) is 25.2.